The van der Waals surface area contributed by atoms with E-state index in [4.69, 9.17) is 11.6 Å². The summed E-state index contributed by atoms with van der Waals surface area (Å²) in [7, 11) is 0. The lowest BCUT2D eigenvalue weighted by Gasteiger charge is -2.18. The Morgan fingerprint density at radius 1 is 1.31 bits per heavy atom. The summed E-state index contributed by atoms with van der Waals surface area (Å²) in [6.45, 7) is 11.2. The highest BCUT2D eigenvalue weighted by molar-refractivity contribution is 6.36. The molecular formula is C21H26ClN5O2. The Hall–Kier alpha value is -2.64. The summed E-state index contributed by atoms with van der Waals surface area (Å²) in [6, 6.07) is 1.71. The molecule has 3 rings (SSSR count). The maximum absolute atomic E-state index is 12.7. The fourth-order valence-corrected chi connectivity index (χ4v) is 3.70. The van der Waals surface area contributed by atoms with E-state index in [1.807, 2.05) is 13.8 Å². The van der Waals surface area contributed by atoms with E-state index in [0.717, 1.165) is 36.6 Å². The number of pyridine rings is 1. The maximum Gasteiger partial charge on any atom is 0.257 e. The highest BCUT2D eigenvalue weighted by Crippen LogP contribution is 2.34. The molecule has 7 nitrogen and oxygen atoms in total. The number of aryl methyl sites for hydroxylation is 1. The smallest absolute Gasteiger partial charge is 0.257 e. The molecule has 2 aromatic heterocycles. The summed E-state index contributed by atoms with van der Waals surface area (Å²) in [6.07, 6.45) is 3.24. The first-order chi connectivity index (χ1) is 13.8. The van der Waals surface area contributed by atoms with Crippen molar-refractivity contribution in [3.63, 3.8) is 0 Å². The molecule has 154 valence electrons. The molecule has 0 atom stereocenters. The molecule has 0 bridgehead atoms. The van der Waals surface area contributed by atoms with Gasteiger partial charge in [-0.1, -0.05) is 25.4 Å². The molecular weight excluding hydrogens is 390 g/mol. The highest BCUT2D eigenvalue weighted by atomic mass is 35.5. The third kappa shape index (κ3) is 4.36. The molecule has 0 saturated carbocycles. The van der Waals surface area contributed by atoms with Crippen molar-refractivity contribution in [2.45, 2.75) is 27.7 Å². The topological polar surface area (TPSA) is 90.1 Å². The van der Waals surface area contributed by atoms with Crippen LogP contribution in [0, 0.1) is 13.8 Å². The first-order valence-electron chi connectivity index (χ1n) is 9.74. The van der Waals surface area contributed by atoms with E-state index in [9.17, 15) is 9.59 Å². The number of carbonyl (C=O) groups excluding carboxylic acids is 2. The van der Waals surface area contributed by atoms with Crippen LogP contribution in [-0.4, -0.2) is 52.9 Å². The molecule has 0 fully saturated rings. The Bertz CT molecular complexity index is 976. The van der Waals surface area contributed by atoms with Crippen molar-refractivity contribution in [2.75, 3.05) is 31.5 Å². The molecule has 3 N–H and O–H groups in total. The lowest BCUT2D eigenvalue weighted by molar-refractivity contribution is -0.110. The SMILES string of the molecule is CCN(CC)CCNC(=O)c1c(C)[nH]c(/C=C2\C(=O)Nc3ncc(Cl)cc32)c1C. The van der Waals surface area contributed by atoms with E-state index in [1.54, 1.807) is 12.1 Å². The highest BCUT2D eigenvalue weighted by Gasteiger charge is 2.27. The van der Waals surface area contributed by atoms with E-state index < -0.39 is 0 Å². The van der Waals surface area contributed by atoms with Gasteiger partial charge in [0, 0.05) is 36.2 Å². The Morgan fingerprint density at radius 2 is 2.03 bits per heavy atom. The number of amides is 2. The van der Waals surface area contributed by atoms with Crippen molar-refractivity contribution in [2.24, 2.45) is 0 Å². The summed E-state index contributed by atoms with van der Waals surface area (Å²) >= 11 is 6.04. The van der Waals surface area contributed by atoms with Crippen LogP contribution in [0.5, 0.6) is 0 Å². The second-order valence-electron chi connectivity index (χ2n) is 7.01. The van der Waals surface area contributed by atoms with Crippen LogP contribution >= 0.6 is 11.6 Å². The van der Waals surface area contributed by atoms with Crippen LogP contribution in [0.25, 0.3) is 11.6 Å². The number of hydrogen-bond acceptors (Lipinski definition) is 4. The summed E-state index contributed by atoms with van der Waals surface area (Å²) in [5.41, 5.74) is 4.00. The lowest BCUT2D eigenvalue weighted by Crippen LogP contribution is -2.35. The molecule has 2 amide bonds. The third-order valence-corrected chi connectivity index (χ3v) is 5.43. The van der Waals surface area contributed by atoms with Gasteiger partial charge in [0.15, 0.2) is 0 Å². The number of carbonyl (C=O) groups is 2. The quantitative estimate of drug-likeness (QED) is 0.605. The minimum absolute atomic E-state index is 0.117. The first-order valence-corrected chi connectivity index (χ1v) is 10.1. The fourth-order valence-electron chi connectivity index (χ4n) is 3.54. The van der Waals surface area contributed by atoms with E-state index in [0.29, 0.717) is 34.1 Å². The van der Waals surface area contributed by atoms with Crippen LogP contribution in [-0.2, 0) is 4.79 Å². The lowest BCUT2D eigenvalue weighted by atomic mass is 10.0. The number of hydrogen-bond donors (Lipinski definition) is 3. The summed E-state index contributed by atoms with van der Waals surface area (Å²) < 4.78 is 0. The van der Waals surface area contributed by atoms with Gasteiger partial charge in [0.05, 0.1) is 16.2 Å². The Morgan fingerprint density at radius 3 is 2.72 bits per heavy atom. The van der Waals surface area contributed by atoms with Gasteiger partial charge in [0.1, 0.15) is 5.82 Å². The van der Waals surface area contributed by atoms with Gasteiger partial charge >= 0.3 is 0 Å². The van der Waals surface area contributed by atoms with E-state index in [-0.39, 0.29) is 11.8 Å². The number of H-pyrrole nitrogens is 1. The molecule has 29 heavy (non-hydrogen) atoms. The minimum atomic E-state index is -0.244. The number of anilines is 1. The molecule has 0 unspecified atom stereocenters. The van der Waals surface area contributed by atoms with Gasteiger partial charge in [-0.2, -0.15) is 0 Å². The zero-order valence-electron chi connectivity index (χ0n) is 17.1. The van der Waals surface area contributed by atoms with Crippen LogP contribution in [0.1, 0.15) is 46.7 Å². The van der Waals surface area contributed by atoms with E-state index in [2.05, 4.69) is 39.3 Å². The second kappa shape index (κ2) is 8.80. The molecule has 2 aromatic rings. The van der Waals surface area contributed by atoms with Crippen LogP contribution < -0.4 is 10.6 Å². The Kier molecular flexibility index (Phi) is 6.39. The average molecular weight is 416 g/mol. The summed E-state index contributed by atoms with van der Waals surface area (Å²) in [5.74, 6) is 0.127. The van der Waals surface area contributed by atoms with Crippen molar-refractivity contribution >= 4 is 40.9 Å². The number of nitrogens with one attached hydrogen (secondary N) is 3. The average Bonchev–Trinajstić information content (AvgIpc) is 3.14. The van der Waals surface area contributed by atoms with Gasteiger partial charge < -0.3 is 20.5 Å². The monoisotopic (exact) mass is 415 g/mol. The van der Waals surface area contributed by atoms with Gasteiger partial charge in [-0.15, -0.1) is 0 Å². The molecule has 0 saturated heterocycles. The van der Waals surface area contributed by atoms with Crippen LogP contribution in [0.2, 0.25) is 5.02 Å². The zero-order chi connectivity index (χ0) is 21.1. The molecule has 0 spiro atoms. The minimum Gasteiger partial charge on any atom is -0.358 e. The molecule has 1 aliphatic rings. The van der Waals surface area contributed by atoms with Crippen LogP contribution in [0.3, 0.4) is 0 Å². The number of aromatic nitrogens is 2. The number of likely N-dealkylation sites (N-methyl/N-ethyl adjacent to an activating group) is 1. The van der Waals surface area contributed by atoms with Crippen LogP contribution in [0.4, 0.5) is 5.82 Å². The zero-order valence-corrected chi connectivity index (χ0v) is 17.9. The maximum atomic E-state index is 12.7. The number of halogens is 1. The van der Waals surface area contributed by atoms with Crippen LogP contribution in [0.15, 0.2) is 12.3 Å². The largest absolute Gasteiger partial charge is 0.358 e. The van der Waals surface area contributed by atoms with Crippen molar-refractivity contribution < 1.29 is 9.59 Å². The molecule has 1 aliphatic heterocycles. The third-order valence-electron chi connectivity index (χ3n) is 5.22. The number of rotatable bonds is 7. The molecule has 3 heterocycles. The van der Waals surface area contributed by atoms with Crippen molar-refractivity contribution in [1.82, 2.24) is 20.2 Å². The second-order valence-corrected chi connectivity index (χ2v) is 7.44. The standard InChI is InChI=1S/C21H26ClN5O2/c1-5-27(6-2)8-7-23-21(29)18-12(3)17(25-13(18)4)10-16-15-9-14(22)11-24-19(15)26-20(16)28/h9-11,25H,5-8H2,1-4H3,(H,23,29)(H,24,26,28)/b16-10-. The predicted octanol–water partition coefficient (Wildman–Crippen LogP) is 3.24. The first kappa shape index (κ1) is 21.1. The van der Waals surface area contributed by atoms with Gasteiger partial charge in [-0.25, -0.2) is 4.98 Å². The Balaban J connectivity index is 1.83. The molecule has 0 aliphatic carbocycles. The number of fused-ring (bicyclic) bond motifs is 1. The molecule has 0 radical (unpaired) electrons. The van der Waals surface area contributed by atoms with Gasteiger partial charge in [0.2, 0.25) is 0 Å². The number of aromatic amines is 1. The number of nitrogens with zero attached hydrogens (tertiary/aromatic N) is 2. The molecule has 0 aromatic carbocycles. The fraction of sp³-hybridized carbons (Fsp3) is 0.381. The summed E-state index contributed by atoms with van der Waals surface area (Å²) in [5, 5.41) is 6.18. The van der Waals surface area contributed by atoms with Gasteiger partial charge in [-0.05, 0) is 44.6 Å². The molecule has 8 heteroatoms. The van der Waals surface area contributed by atoms with Gasteiger partial charge in [0.25, 0.3) is 11.8 Å². The van der Waals surface area contributed by atoms with Crippen molar-refractivity contribution in [3.05, 3.63) is 45.4 Å². The van der Waals surface area contributed by atoms with E-state index >= 15 is 0 Å². The van der Waals surface area contributed by atoms with E-state index in [1.165, 1.54) is 6.20 Å². The van der Waals surface area contributed by atoms with Crippen molar-refractivity contribution in [1.29, 1.82) is 0 Å². The van der Waals surface area contributed by atoms with Gasteiger partial charge in [-0.3, -0.25) is 9.59 Å². The normalized spacial score (nSPS) is 14.4. The predicted molar refractivity (Wildman–Crippen MR) is 116 cm³/mol. The van der Waals surface area contributed by atoms with Crippen molar-refractivity contribution in [3.8, 4) is 0 Å². The Labute approximate surface area is 175 Å². The summed E-state index contributed by atoms with van der Waals surface area (Å²) in [4.78, 5) is 34.7.